The lowest BCUT2D eigenvalue weighted by Crippen LogP contribution is -2.51. The summed E-state index contributed by atoms with van der Waals surface area (Å²) in [5.74, 6) is -0.311. The number of likely N-dealkylation sites (tertiary alicyclic amines) is 1. The third kappa shape index (κ3) is 3.71. The molecule has 31 heavy (non-hydrogen) atoms. The maximum atomic E-state index is 12.5. The number of carbonyl (C=O) groups excluding carboxylic acids is 2. The number of hydrogen-bond donors (Lipinski definition) is 1. The molecule has 2 aromatic heterocycles. The summed E-state index contributed by atoms with van der Waals surface area (Å²) in [6, 6.07) is 9.97. The Labute approximate surface area is 179 Å². The summed E-state index contributed by atoms with van der Waals surface area (Å²) in [5, 5.41) is 11.3. The lowest BCUT2D eigenvalue weighted by atomic mass is 9.59. The number of carbonyl (C=O) groups is 2. The van der Waals surface area contributed by atoms with E-state index >= 15 is 0 Å². The Morgan fingerprint density at radius 2 is 1.94 bits per heavy atom. The van der Waals surface area contributed by atoms with E-state index in [1.807, 2.05) is 39.9 Å². The average molecular weight is 420 g/mol. The Kier molecular flexibility index (Phi) is 5.01. The first-order chi connectivity index (χ1) is 15.1. The van der Waals surface area contributed by atoms with Crippen LogP contribution in [0.1, 0.15) is 58.3 Å². The van der Waals surface area contributed by atoms with Crippen LogP contribution in [0.25, 0.3) is 0 Å². The number of benzene rings is 1. The second-order valence-corrected chi connectivity index (χ2v) is 8.33. The van der Waals surface area contributed by atoms with Gasteiger partial charge in [0.05, 0.1) is 12.2 Å². The lowest BCUT2D eigenvalue weighted by Gasteiger charge is -2.53. The van der Waals surface area contributed by atoms with Gasteiger partial charge in [0, 0.05) is 19.6 Å². The molecule has 3 aromatic rings. The zero-order valence-electron chi connectivity index (χ0n) is 17.1. The Balaban J connectivity index is 1.19. The van der Waals surface area contributed by atoms with E-state index in [0.29, 0.717) is 31.0 Å². The van der Waals surface area contributed by atoms with Crippen molar-refractivity contribution in [1.29, 1.82) is 0 Å². The van der Waals surface area contributed by atoms with Crippen molar-refractivity contribution < 1.29 is 14.0 Å². The zero-order valence-corrected chi connectivity index (χ0v) is 17.1. The molecule has 1 N–H and O–H groups in total. The number of nitrogens with zero attached hydrogens (tertiary/aromatic N) is 5. The van der Waals surface area contributed by atoms with Gasteiger partial charge in [-0.25, -0.2) is 9.67 Å². The highest BCUT2D eigenvalue weighted by atomic mass is 16.3. The molecule has 1 aromatic carbocycles. The number of aromatic nitrogens is 4. The molecular formula is C22H24N6O3. The maximum absolute atomic E-state index is 12.5. The Morgan fingerprint density at radius 1 is 1.13 bits per heavy atom. The van der Waals surface area contributed by atoms with Crippen molar-refractivity contribution in [2.24, 2.45) is 5.41 Å². The molecule has 5 rings (SSSR count). The number of amides is 2. The normalized spacial score (nSPS) is 19.7. The molecule has 9 heteroatoms. The lowest BCUT2D eigenvalue weighted by molar-refractivity contribution is -0.0269. The molecule has 1 saturated heterocycles. The van der Waals surface area contributed by atoms with Gasteiger partial charge in [-0.15, -0.1) is 5.10 Å². The largest absolute Gasteiger partial charge is 0.451 e. The summed E-state index contributed by atoms with van der Waals surface area (Å²) in [6.45, 7) is 1.82. The fourth-order valence-corrected chi connectivity index (χ4v) is 4.71. The van der Waals surface area contributed by atoms with E-state index in [4.69, 9.17) is 4.42 Å². The van der Waals surface area contributed by atoms with Crippen LogP contribution >= 0.6 is 0 Å². The average Bonchev–Trinajstić information content (AvgIpc) is 3.50. The molecule has 1 unspecified atom stereocenters. The smallest absolute Gasteiger partial charge is 0.275 e. The molecule has 160 valence electrons. The molecule has 1 spiro atoms. The van der Waals surface area contributed by atoms with Gasteiger partial charge in [0.25, 0.3) is 11.8 Å². The molecule has 1 saturated carbocycles. The van der Waals surface area contributed by atoms with Crippen molar-refractivity contribution in [3.63, 3.8) is 0 Å². The number of nitrogens with one attached hydrogen (secondary N) is 1. The minimum Gasteiger partial charge on any atom is -0.451 e. The van der Waals surface area contributed by atoms with Gasteiger partial charge in [-0.05, 0) is 36.7 Å². The van der Waals surface area contributed by atoms with E-state index in [-0.39, 0.29) is 23.3 Å². The minimum absolute atomic E-state index is 0.0856. The van der Waals surface area contributed by atoms with Crippen molar-refractivity contribution in [3.05, 3.63) is 66.1 Å². The van der Waals surface area contributed by atoms with Crippen LogP contribution < -0.4 is 5.32 Å². The Hall–Kier alpha value is -3.49. The Bertz CT molecular complexity index is 1050. The summed E-state index contributed by atoms with van der Waals surface area (Å²) in [4.78, 5) is 30.8. The molecule has 0 bridgehead atoms. The first-order valence-corrected chi connectivity index (χ1v) is 10.6. The van der Waals surface area contributed by atoms with E-state index in [9.17, 15) is 9.59 Å². The van der Waals surface area contributed by atoms with Gasteiger partial charge in [-0.2, -0.15) is 0 Å². The van der Waals surface area contributed by atoms with Crippen LogP contribution in [0, 0.1) is 5.41 Å². The van der Waals surface area contributed by atoms with E-state index in [2.05, 4.69) is 20.6 Å². The summed E-state index contributed by atoms with van der Waals surface area (Å²) in [5.41, 5.74) is 1.82. The van der Waals surface area contributed by atoms with Crippen LogP contribution in [0.5, 0.6) is 0 Å². The molecular weight excluding hydrogens is 396 g/mol. The van der Waals surface area contributed by atoms with Crippen LogP contribution in [0.4, 0.5) is 0 Å². The minimum atomic E-state index is -0.225. The maximum Gasteiger partial charge on any atom is 0.275 e. The highest BCUT2D eigenvalue weighted by Gasteiger charge is 2.50. The van der Waals surface area contributed by atoms with Gasteiger partial charge >= 0.3 is 0 Å². The molecule has 2 aliphatic rings. The second kappa shape index (κ2) is 7.98. The van der Waals surface area contributed by atoms with Crippen LogP contribution in [-0.2, 0) is 6.54 Å². The molecule has 1 atom stereocenters. The Morgan fingerprint density at radius 3 is 2.61 bits per heavy atom. The molecule has 1 aliphatic carbocycles. The van der Waals surface area contributed by atoms with Gasteiger partial charge < -0.3 is 14.6 Å². The van der Waals surface area contributed by atoms with Gasteiger partial charge in [0.15, 0.2) is 17.8 Å². The zero-order chi connectivity index (χ0) is 21.3. The predicted molar refractivity (Wildman–Crippen MR) is 110 cm³/mol. The van der Waals surface area contributed by atoms with Gasteiger partial charge in [-0.1, -0.05) is 35.5 Å². The fourth-order valence-electron chi connectivity index (χ4n) is 4.71. The van der Waals surface area contributed by atoms with Gasteiger partial charge in [-0.3, -0.25) is 9.59 Å². The second-order valence-electron chi connectivity index (χ2n) is 8.33. The third-order valence-electron chi connectivity index (χ3n) is 6.68. The van der Waals surface area contributed by atoms with Gasteiger partial charge in [0.1, 0.15) is 6.26 Å². The number of oxazole rings is 1. The van der Waals surface area contributed by atoms with E-state index in [0.717, 1.165) is 31.2 Å². The number of hydrogen-bond acceptors (Lipinski definition) is 6. The monoisotopic (exact) mass is 420 g/mol. The van der Waals surface area contributed by atoms with Crippen molar-refractivity contribution in [3.8, 4) is 0 Å². The molecule has 3 heterocycles. The standard InChI is InChI=1S/C22H24N6O3/c29-20(23-12-16-4-2-1-3-5-16)17-13-28(26-25-17)19-6-7-22(19)8-10-27(11-9-22)21(30)18-14-31-15-24-18/h1-5,13-15,19H,6-12H2,(H,23,29). The van der Waals surface area contributed by atoms with E-state index in [1.165, 1.54) is 12.7 Å². The summed E-state index contributed by atoms with van der Waals surface area (Å²) >= 11 is 0. The summed E-state index contributed by atoms with van der Waals surface area (Å²) in [7, 11) is 0. The first-order valence-electron chi connectivity index (χ1n) is 10.6. The third-order valence-corrected chi connectivity index (χ3v) is 6.68. The topological polar surface area (TPSA) is 106 Å². The van der Waals surface area contributed by atoms with Gasteiger partial charge in [0.2, 0.25) is 0 Å². The molecule has 2 amide bonds. The summed E-state index contributed by atoms with van der Waals surface area (Å²) < 4.78 is 6.77. The highest BCUT2D eigenvalue weighted by molar-refractivity contribution is 5.92. The van der Waals surface area contributed by atoms with E-state index in [1.54, 1.807) is 6.20 Å². The van der Waals surface area contributed by atoms with Crippen molar-refractivity contribution in [2.45, 2.75) is 38.3 Å². The summed E-state index contributed by atoms with van der Waals surface area (Å²) in [6.07, 6.45) is 8.31. The van der Waals surface area contributed by atoms with Crippen LogP contribution in [-0.4, -0.2) is 49.8 Å². The fraction of sp³-hybridized carbons (Fsp3) is 0.409. The molecule has 2 fully saturated rings. The van der Waals surface area contributed by atoms with Crippen LogP contribution in [0.2, 0.25) is 0 Å². The van der Waals surface area contributed by atoms with Crippen molar-refractivity contribution >= 4 is 11.8 Å². The quantitative estimate of drug-likeness (QED) is 0.680. The molecule has 0 radical (unpaired) electrons. The SMILES string of the molecule is O=C(NCc1ccccc1)c1cn(C2CCC23CCN(C(=O)c2cocn2)CC3)nn1. The van der Waals surface area contributed by atoms with E-state index < -0.39 is 0 Å². The van der Waals surface area contributed by atoms with Crippen LogP contribution in [0.15, 0.2) is 53.6 Å². The molecule has 1 aliphatic heterocycles. The predicted octanol–water partition coefficient (Wildman–Crippen LogP) is 2.45. The van der Waals surface area contributed by atoms with Crippen molar-refractivity contribution in [1.82, 2.24) is 30.2 Å². The first kappa shape index (κ1) is 19.5. The number of piperidine rings is 1. The number of rotatable bonds is 5. The highest BCUT2D eigenvalue weighted by Crippen LogP contribution is 2.56. The van der Waals surface area contributed by atoms with Crippen molar-refractivity contribution in [2.75, 3.05) is 13.1 Å². The molecule has 9 nitrogen and oxygen atoms in total. The van der Waals surface area contributed by atoms with Crippen LogP contribution in [0.3, 0.4) is 0 Å².